The van der Waals surface area contributed by atoms with Crippen molar-refractivity contribution in [1.82, 2.24) is 20.6 Å². The molecule has 1 aromatic rings. The van der Waals surface area contributed by atoms with Gasteiger partial charge in [-0.15, -0.1) is 0 Å². The highest BCUT2D eigenvalue weighted by atomic mass is 16.7. The van der Waals surface area contributed by atoms with Gasteiger partial charge in [-0.05, 0) is 18.6 Å². The summed E-state index contributed by atoms with van der Waals surface area (Å²) in [6.45, 7) is 5.80. The first kappa shape index (κ1) is 24.3. The van der Waals surface area contributed by atoms with E-state index < -0.39 is 29.7 Å². The van der Waals surface area contributed by atoms with Crippen molar-refractivity contribution in [3.63, 3.8) is 0 Å². The maximum atomic E-state index is 13.2. The molecule has 11 nitrogen and oxygen atoms in total. The van der Waals surface area contributed by atoms with Crippen molar-refractivity contribution in [1.29, 1.82) is 0 Å². The summed E-state index contributed by atoms with van der Waals surface area (Å²) < 4.78 is 0. The number of hydroxylamine groups is 2. The molecule has 3 rings (SSSR count). The van der Waals surface area contributed by atoms with E-state index in [4.69, 9.17) is 4.84 Å². The molecule has 0 radical (unpaired) electrons. The van der Waals surface area contributed by atoms with Crippen LogP contribution in [0.4, 0.5) is 5.69 Å². The molecule has 0 bridgehead atoms. The van der Waals surface area contributed by atoms with Gasteiger partial charge in [-0.25, -0.2) is 0 Å². The zero-order valence-corrected chi connectivity index (χ0v) is 19.0. The molecule has 1 aromatic carbocycles. The summed E-state index contributed by atoms with van der Waals surface area (Å²) >= 11 is 0. The number of hydrogen-bond acceptors (Lipinski definition) is 8. The van der Waals surface area contributed by atoms with E-state index in [1.807, 2.05) is 13.8 Å². The number of imide groups is 2. The van der Waals surface area contributed by atoms with Gasteiger partial charge in [-0.1, -0.05) is 19.9 Å². The molecule has 33 heavy (non-hydrogen) atoms. The van der Waals surface area contributed by atoms with Gasteiger partial charge < -0.3 is 10.6 Å². The zero-order valence-electron chi connectivity index (χ0n) is 19.0. The van der Waals surface area contributed by atoms with Crippen LogP contribution < -0.4 is 16.0 Å². The summed E-state index contributed by atoms with van der Waals surface area (Å²) in [5.74, 6) is -2.14. The second-order valence-electron chi connectivity index (χ2n) is 8.89. The van der Waals surface area contributed by atoms with Gasteiger partial charge in [0.15, 0.2) is 0 Å². The molecule has 0 spiro atoms. The molecule has 1 atom stereocenters. The Hall–Kier alpha value is -3.31. The number of likely N-dealkylation sites (N-methyl/N-ethyl adjacent to an activating group) is 1. The van der Waals surface area contributed by atoms with E-state index in [2.05, 4.69) is 16.0 Å². The highest BCUT2D eigenvalue weighted by Gasteiger charge is 2.45. The molecule has 0 saturated carbocycles. The number of nitrogens with one attached hydrogen (secondary N) is 3. The number of rotatable bonds is 11. The highest BCUT2D eigenvalue weighted by Crippen LogP contribution is 2.33. The lowest BCUT2D eigenvalue weighted by molar-refractivity contribution is -0.160. The van der Waals surface area contributed by atoms with Crippen molar-refractivity contribution >= 4 is 35.7 Å². The number of anilines is 1. The number of carbonyl (C=O) groups is 5. The summed E-state index contributed by atoms with van der Waals surface area (Å²) in [5, 5.41) is 9.64. The molecular formula is C22H29N5O6. The summed E-state index contributed by atoms with van der Waals surface area (Å²) in [5.41, 5.74) is 0.619. The Morgan fingerprint density at radius 3 is 2.70 bits per heavy atom. The molecule has 0 aromatic heterocycles. The molecule has 3 N–H and O–H groups in total. The molecule has 5 amide bonds. The lowest BCUT2D eigenvalue weighted by Gasteiger charge is -2.29. The fourth-order valence-electron chi connectivity index (χ4n) is 3.68. The zero-order chi connectivity index (χ0) is 24.2. The first-order valence-electron chi connectivity index (χ1n) is 10.7. The average molecular weight is 460 g/mol. The number of nitrogens with zero attached hydrogens (tertiary/aromatic N) is 2. The Kier molecular flexibility index (Phi) is 7.44. The van der Waals surface area contributed by atoms with E-state index in [0.29, 0.717) is 38.3 Å². The Morgan fingerprint density at radius 1 is 1.24 bits per heavy atom. The molecule has 2 aliphatic heterocycles. The van der Waals surface area contributed by atoms with Crippen LogP contribution in [0.2, 0.25) is 0 Å². The third-order valence-corrected chi connectivity index (χ3v) is 5.56. The number of piperidine rings is 1. The summed E-state index contributed by atoms with van der Waals surface area (Å²) in [7, 11) is 1.77. The van der Waals surface area contributed by atoms with E-state index in [1.165, 1.54) is 0 Å². The summed E-state index contributed by atoms with van der Waals surface area (Å²) in [6.07, 6.45) is 0.815. The second kappa shape index (κ2) is 10.1. The smallest absolute Gasteiger partial charge is 0.264 e. The van der Waals surface area contributed by atoms with Gasteiger partial charge in [0.05, 0.1) is 17.7 Å². The van der Waals surface area contributed by atoms with Gasteiger partial charge in [-0.2, -0.15) is 5.06 Å². The topological polar surface area (TPSA) is 137 Å². The number of hydrogen-bond donors (Lipinski definition) is 3. The van der Waals surface area contributed by atoms with Gasteiger partial charge >= 0.3 is 0 Å². The van der Waals surface area contributed by atoms with Crippen molar-refractivity contribution in [3.8, 4) is 0 Å². The van der Waals surface area contributed by atoms with Crippen LogP contribution in [-0.2, 0) is 19.2 Å². The third kappa shape index (κ3) is 5.55. The van der Waals surface area contributed by atoms with Crippen LogP contribution in [0.15, 0.2) is 18.2 Å². The van der Waals surface area contributed by atoms with E-state index in [1.54, 1.807) is 30.3 Å². The molecule has 1 fully saturated rings. The lowest BCUT2D eigenvalue weighted by atomic mass is 9.94. The van der Waals surface area contributed by atoms with Crippen molar-refractivity contribution < 1.29 is 28.8 Å². The van der Waals surface area contributed by atoms with Crippen LogP contribution in [0.1, 0.15) is 47.4 Å². The largest absolute Gasteiger partial charge is 0.384 e. The SMILES string of the molecule is CN(CCNC=O)OCC(C)(C)CNc1cccc2c1C(=O)N(C1CCC(=O)NC1=O)C2=O. The maximum absolute atomic E-state index is 13.2. The van der Waals surface area contributed by atoms with Crippen LogP contribution in [0.25, 0.3) is 0 Å². The number of amides is 5. The predicted molar refractivity (Wildman–Crippen MR) is 118 cm³/mol. The predicted octanol–water partition coefficient (Wildman–Crippen LogP) is 0.135. The van der Waals surface area contributed by atoms with Gasteiger partial charge in [0.25, 0.3) is 11.8 Å². The van der Waals surface area contributed by atoms with Crippen molar-refractivity contribution in [2.45, 2.75) is 32.7 Å². The average Bonchev–Trinajstić information content (AvgIpc) is 3.02. The van der Waals surface area contributed by atoms with Crippen LogP contribution in [-0.4, -0.2) is 79.3 Å². The fraction of sp³-hybridized carbons (Fsp3) is 0.500. The number of carbonyl (C=O) groups excluding carboxylic acids is 5. The third-order valence-electron chi connectivity index (χ3n) is 5.56. The van der Waals surface area contributed by atoms with Gasteiger partial charge in [-0.3, -0.25) is 39.0 Å². The van der Waals surface area contributed by atoms with Gasteiger partial charge in [0.1, 0.15) is 6.04 Å². The van der Waals surface area contributed by atoms with Gasteiger partial charge in [0, 0.05) is 44.2 Å². The van der Waals surface area contributed by atoms with Crippen LogP contribution in [0.5, 0.6) is 0 Å². The van der Waals surface area contributed by atoms with Gasteiger partial charge in [0.2, 0.25) is 18.2 Å². The number of fused-ring (bicyclic) bond motifs is 1. The molecule has 2 heterocycles. The van der Waals surface area contributed by atoms with Crippen LogP contribution >= 0.6 is 0 Å². The summed E-state index contributed by atoms with van der Waals surface area (Å²) in [6, 6.07) is 3.95. The quantitative estimate of drug-likeness (QED) is 0.184. The minimum Gasteiger partial charge on any atom is -0.384 e. The normalized spacial score (nSPS) is 18.4. The standard InChI is InChI=1S/C22H29N5O6/c1-22(2,12-33-26(3)10-9-23-13-28)11-24-15-6-4-5-14-18(15)21(32)27(20(14)31)16-7-8-17(29)25-19(16)30/h4-6,13,16,24H,7-12H2,1-3H3,(H,23,28)(H,25,29,30). The van der Waals surface area contributed by atoms with Crippen LogP contribution in [0.3, 0.4) is 0 Å². The minimum absolute atomic E-state index is 0.0722. The van der Waals surface area contributed by atoms with Crippen molar-refractivity contribution in [2.24, 2.45) is 5.41 Å². The fourth-order valence-corrected chi connectivity index (χ4v) is 3.68. The van der Waals surface area contributed by atoms with Crippen molar-refractivity contribution in [3.05, 3.63) is 29.3 Å². The first-order valence-corrected chi connectivity index (χ1v) is 10.7. The van der Waals surface area contributed by atoms with E-state index in [0.717, 1.165) is 4.90 Å². The molecule has 1 saturated heterocycles. The lowest BCUT2D eigenvalue weighted by Crippen LogP contribution is -2.54. The molecule has 2 aliphatic rings. The minimum atomic E-state index is -1.00. The Labute approximate surface area is 191 Å². The maximum Gasteiger partial charge on any atom is 0.264 e. The molecule has 1 unspecified atom stereocenters. The molecule has 178 valence electrons. The first-order chi connectivity index (χ1) is 15.6. The Bertz CT molecular complexity index is 963. The second-order valence-corrected chi connectivity index (χ2v) is 8.89. The monoisotopic (exact) mass is 459 g/mol. The van der Waals surface area contributed by atoms with Crippen LogP contribution in [0, 0.1) is 5.41 Å². The Morgan fingerprint density at radius 2 is 2.00 bits per heavy atom. The highest BCUT2D eigenvalue weighted by molar-refractivity contribution is 6.25. The summed E-state index contributed by atoms with van der Waals surface area (Å²) in [4.78, 5) is 66.8. The molecule has 0 aliphatic carbocycles. The Balaban J connectivity index is 1.66. The number of benzene rings is 1. The molecular weight excluding hydrogens is 430 g/mol. The van der Waals surface area contributed by atoms with E-state index >= 15 is 0 Å². The van der Waals surface area contributed by atoms with E-state index in [9.17, 15) is 24.0 Å². The van der Waals surface area contributed by atoms with E-state index in [-0.39, 0.29) is 29.4 Å². The molecule has 11 heteroatoms. The van der Waals surface area contributed by atoms with Crippen molar-refractivity contribution in [2.75, 3.05) is 38.6 Å².